The van der Waals surface area contributed by atoms with Crippen LogP contribution in [-0.4, -0.2) is 81.0 Å². The number of aliphatic hydroxyl groups excluding tert-OH is 2. The molecule has 3 amide bonds. The zero-order chi connectivity index (χ0) is 18.2. The van der Waals surface area contributed by atoms with Gasteiger partial charge in [-0.25, -0.2) is 9.69 Å². The van der Waals surface area contributed by atoms with Crippen molar-refractivity contribution in [1.29, 1.82) is 0 Å². The summed E-state index contributed by atoms with van der Waals surface area (Å²) in [6.45, 7) is 1.72. The van der Waals surface area contributed by atoms with E-state index in [1.807, 2.05) is 0 Å². The second kappa shape index (κ2) is 8.77. The molecule has 5 atom stereocenters. The normalized spacial score (nSPS) is 33.8. The van der Waals surface area contributed by atoms with Crippen molar-refractivity contribution in [1.82, 2.24) is 9.80 Å². The molecule has 26 heavy (non-hydrogen) atoms. The smallest absolute Gasteiger partial charge is 0.330 e. The third kappa shape index (κ3) is 3.68. The molecule has 0 bridgehead atoms. The zero-order valence-electron chi connectivity index (χ0n) is 14.4. The van der Waals surface area contributed by atoms with Crippen molar-refractivity contribution in [3.63, 3.8) is 0 Å². The number of nitrogens with zero attached hydrogens (tertiary/aromatic N) is 2. The summed E-state index contributed by atoms with van der Waals surface area (Å²) in [6.07, 6.45) is 1.49. The van der Waals surface area contributed by atoms with Gasteiger partial charge in [0.05, 0.1) is 19.3 Å². The topological polar surface area (TPSA) is 165 Å². The second-order valence-electron chi connectivity index (χ2n) is 6.03. The first kappa shape index (κ1) is 24.3. The number of hydrogen-bond acceptors (Lipinski definition) is 7. The first-order valence-electron chi connectivity index (χ1n) is 7.48. The number of carbonyl (C=O) groups is 3. The maximum absolute atomic E-state index is 12.6. The van der Waals surface area contributed by atoms with Crippen LogP contribution in [0.4, 0.5) is 4.79 Å². The van der Waals surface area contributed by atoms with Gasteiger partial charge in [-0.2, -0.15) is 0 Å². The summed E-state index contributed by atoms with van der Waals surface area (Å²) in [4.78, 5) is 38.5. The third-order valence-corrected chi connectivity index (χ3v) is 4.61. The van der Waals surface area contributed by atoms with Crippen molar-refractivity contribution in [2.75, 3.05) is 13.2 Å². The Morgan fingerprint density at radius 1 is 1.46 bits per heavy atom. The van der Waals surface area contributed by atoms with E-state index in [0.717, 1.165) is 16.7 Å². The summed E-state index contributed by atoms with van der Waals surface area (Å²) in [5, 5.41) is 19.0. The first-order valence-corrected chi connectivity index (χ1v) is 7.48. The number of amides is 3. The predicted octanol–water partition coefficient (Wildman–Crippen LogP) is -2.17. The maximum atomic E-state index is 12.6. The Labute approximate surface area is 157 Å². The molecule has 10 nitrogen and oxygen atoms in total. The number of hydrogen-bond donors (Lipinski definition) is 3. The highest BCUT2D eigenvalue weighted by atomic mass is 35.5. The van der Waals surface area contributed by atoms with E-state index in [9.17, 15) is 24.6 Å². The lowest BCUT2D eigenvalue weighted by Gasteiger charge is -2.48. The van der Waals surface area contributed by atoms with Gasteiger partial charge in [-0.1, -0.05) is 5.92 Å². The van der Waals surface area contributed by atoms with E-state index < -0.39 is 54.3 Å². The molecule has 11 heteroatoms. The molecule has 2 aliphatic heterocycles. The zero-order valence-corrected chi connectivity index (χ0v) is 15.2. The lowest BCUT2D eigenvalue weighted by atomic mass is 9.78. The molecule has 2 saturated heterocycles. The van der Waals surface area contributed by atoms with Gasteiger partial charge >= 0.3 is 6.03 Å². The summed E-state index contributed by atoms with van der Waals surface area (Å²) >= 11 is 0. The van der Waals surface area contributed by atoms with Gasteiger partial charge in [-0.05, 0) is 6.92 Å². The van der Waals surface area contributed by atoms with Gasteiger partial charge in [0.15, 0.2) is 5.78 Å². The Morgan fingerprint density at radius 3 is 2.42 bits per heavy atom. The number of halogens is 1. The number of ether oxygens (including phenoxy) is 1. The molecule has 2 rings (SSSR count). The number of aliphatic hydroxyl groups is 2. The summed E-state index contributed by atoms with van der Waals surface area (Å²) in [6, 6.07) is -0.752. The third-order valence-electron chi connectivity index (χ3n) is 4.61. The number of nitrogens with two attached hydrogens (primary N) is 1. The van der Waals surface area contributed by atoms with Crippen LogP contribution in [0.3, 0.4) is 0 Å². The summed E-state index contributed by atoms with van der Waals surface area (Å²) < 4.78 is 5.46. The van der Waals surface area contributed by atoms with E-state index in [1.54, 1.807) is 0 Å². The molecule has 3 unspecified atom stereocenters. The van der Waals surface area contributed by atoms with Crippen molar-refractivity contribution in [2.24, 2.45) is 11.1 Å². The van der Waals surface area contributed by atoms with E-state index in [2.05, 4.69) is 5.92 Å². The Hall–Kier alpha value is -1.74. The first-order chi connectivity index (χ1) is 11.2. The monoisotopic (exact) mass is 393 g/mol. The lowest BCUT2D eigenvalue weighted by Crippen LogP contribution is -2.71. The molecule has 0 aromatic heterocycles. The van der Waals surface area contributed by atoms with Gasteiger partial charge in [-0.15, -0.1) is 18.8 Å². The van der Waals surface area contributed by atoms with Gasteiger partial charge in [0.2, 0.25) is 5.91 Å². The van der Waals surface area contributed by atoms with Gasteiger partial charge in [0.25, 0.3) is 0 Å². The van der Waals surface area contributed by atoms with Gasteiger partial charge in [0, 0.05) is 13.3 Å². The van der Waals surface area contributed by atoms with E-state index in [-0.39, 0.29) is 30.8 Å². The molecule has 0 spiro atoms. The van der Waals surface area contributed by atoms with E-state index in [4.69, 9.17) is 16.9 Å². The highest BCUT2D eigenvalue weighted by Gasteiger charge is 2.55. The van der Waals surface area contributed by atoms with Crippen LogP contribution in [0, 0.1) is 17.8 Å². The van der Waals surface area contributed by atoms with E-state index >= 15 is 0 Å². The average molecular weight is 394 g/mol. The van der Waals surface area contributed by atoms with Gasteiger partial charge in [0.1, 0.15) is 23.9 Å². The molecule has 0 radical (unpaired) electrons. The Balaban J connectivity index is 0.00000312. The van der Waals surface area contributed by atoms with Crippen molar-refractivity contribution in [3.8, 4) is 12.3 Å². The predicted molar refractivity (Wildman–Crippen MR) is 91.8 cm³/mol. The fraction of sp³-hybridized carbons (Fsp3) is 0.667. The lowest BCUT2D eigenvalue weighted by molar-refractivity contribution is -0.143. The van der Waals surface area contributed by atoms with Crippen LogP contribution in [0.25, 0.3) is 0 Å². The number of terminal acetylenes is 1. The molecule has 0 aromatic carbocycles. The number of urea groups is 1. The van der Waals surface area contributed by atoms with Crippen molar-refractivity contribution < 1.29 is 34.8 Å². The van der Waals surface area contributed by atoms with Gasteiger partial charge in [-0.3, -0.25) is 14.5 Å². The highest BCUT2D eigenvalue weighted by Crippen LogP contribution is 2.35. The van der Waals surface area contributed by atoms with E-state index in [0.29, 0.717) is 0 Å². The number of imide groups is 1. The molecule has 0 aliphatic carbocycles. The molecular formula is C15H24ClN3O7. The minimum absolute atomic E-state index is 0. The quantitative estimate of drug-likeness (QED) is 0.459. The fourth-order valence-electron chi connectivity index (χ4n) is 3.09. The standard InChI is InChI=1S/C15H21N3O6.ClH.H2O/c1-4-15(8(2)20)7-17(12-5-10(22)11(6-19)24-12)14(23)18(9(3)21)13(15)16;;/h1,10-13,19,22H,5-7,16H2,2-3H3;1H;1H2/t10?,11-,12-,13?,15?;;/m1../s1. The van der Waals surface area contributed by atoms with Crippen LogP contribution in [0.1, 0.15) is 20.3 Å². The molecule has 148 valence electrons. The Kier molecular flexibility index (Phi) is 8.18. The minimum atomic E-state index is -1.58. The van der Waals surface area contributed by atoms with Crippen LogP contribution in [0.5, 0.6) is 0 Å². The molecule has 6 N–H and O–H groups in total. The number of Topliss-reactive ketones (excluding diaryl/α,β-unsaturated/α-hetero) is 1. The molecule has 0 saturated carbocycles. The van der Waals surface area contributed by atoms with Crippen LogP contribution in [-0.2, 0) is 14.3 Å². The highest BCUT2D eigenvalue weighted by molar-refractivity contribution is 5.98. The number of carbonyl (C=O) groups excluding carboxylic acids is 3. The number of ketones is 1. The van der Waals surface area contributed by atoms with Crippen molar-refractivity contribution in [2.45, 2.75) is 44.9 Å². The average Bonchev–Trinajstić information content (AvgIpc) is 2.88. The molecule has 0 aromatic rings. The fourth-order valence-corrected chi connectivity index (χ4v) is 3.09. The molecule has 2 fully saturated rings. The molecular weight excluding hydrogens is 370 g/mol. The summed E-state index contributed by atoms with van der Waals surface area (Å²) in [7, 11) is 0. The van der Waals surface area contributed by atoms with Crippen LogP contribution in [0.15, 0.2) is 0 Å². The summed E-state index contributed by atoms with van der Waals surface area (Å²) in [5.41, 5.74) is 4.39. The SMILES string of the molecule is C#CC1(C(C)=O)CN([C@H]2CC(O)[C@@H](CO)O2)C(=O)N(C(C)=O)C1N.Cl.O. The summed E-state index contributed by atoms with van der Waals surface area (Å²) in [5.74, 6) is 1.22. The Morgan fingerprint density at radius 2 is 2.04 bits per heavy atom. The van der Waals surface area contributed by atoms with Crippen LogP contribution in [0.2, 0.25) is 0 Å². The van der Waals surface area contributed by atoms with Crippen LogP contribution < -0.4 is 5.73 Å². The van der Waals surface area contributed by atoms with Crippen molar-refractivity contribution >= 4 is 30.1 Å². The second-order valence-corrected chi connectivity index (χ2v) is 6.03. The maximum Gasteiger partial charge on any atom is 0.330 e. The van der Waals surface area contributed by atoms with Gasteiger partial charge < -0.3 is 26.2 Å². The van der Waals surface area contributed by atoms with E-state index in [1.165, 1.54) is 6.92 Å². The van der Waals surface area contributed by atoms with Crippen molar-refractivity contribution in [3.05, 3.63) is 0 Å². The Bertz CT molecular complexity index is 611. The molecule has 2 aliphatic rings. The largest absolute Gasteiger partial charge is 0.412 e. The van der Waals surface area contributed by atoms with Crippen LogP contribution >= 0.6 is 12.4 Å². The number of rotatable bonds is 3. The minimum Gasteiger partial charge on any atom is -0.412 e. The molecule has 2 heterocycles.